The number of hydrogen-bond acceptors (Lipinski definition) is 5. The maximum Gasteiger partial charge on any atom is 0.238 e. The molecule has 7 heteroatoms. The van der Waals surface area contributed by atoms with Crippen LogP contribution in [0, 0.1) is 0 Å². The first-order chi connectivity index (χ1) is 9.45. The van der Waals surface area contributed by atoms with Crippen molar-refractivity contribution in [3.05, 3.63) is 48.2 Å². The zero-order chi connectivity index (χ0) is 14.6. The molecule has 0 spiro atoms. The molecule has 0 aliphatic carbocycles. The Bertz CT molecular complexity index is 684. The molecule has 0 saturated heterocycles. The van der Waals surface area contributed by atoms with Crippen LogP contribution in [-0.2, 0) is 16.4 Å². The van der Waals surface area contributed by atoms with Crippen molar-refractivity contribution in [1.29, 1.82) is 0 Å². The number of anilines is 2. The molecule has 1 aromatic heterocycles. The van der Waals surface area contributed by atoms with Crippen molar-refractivity contribution in [2.45, 2.75) is 11.3 Å². The largest absolute Gasteiger partial charge is 0.385 e. The van der Waals surface area contributed by atoms with Gasteiger partial charge in [0.1, 0.15) is 5.82 Å². The predicted molar refractivity (Wildman–Crippen MR) is 78.7 cm³/mol. The summed E-state index contributed by atoms with van der Waals surface area (Å²) in [7, 11) is -3.62. The van der Waals surface area contributed by atoms with Gasteiger partial charge in [0.15, 0.2) is 0 Å². The van der Waals surface area contributed by atoms with Crippen LogP contribution in [0.25, 0.3) is 0 Å². The van der Waals surface area contributed by atoms with Crippen LogP contribution in [0.4, 0.5) is 11.5 Å². The summed E-state index contributed by atoms with van der Waals surface area (Å²) in [5, 5.41) is 8.26. The van der Waals surface area contributed by atoms with Crippen LogP contribution < -0.4 is 16.2 Å². The van der Waals surface area contributed by atoms with Gasteiger partial charge in [-0.2, -0.15) is 0 Å². The van der Waals surface area contributed by atoms with Crippen molar-refractivity contribution < 1.29 is 8.42 Å². The van der Waals surface area contributed by atoms with E-state index in [-0.39, 0.29) is 4.90 Å². The van der Waals surface area contributed by atoms with Gasteiger partial charge in [-0.15, -0.1) is 0 Å². The lowest BCUT2D eigenvalue weighted by Crippen LogP contribution is -2.12. The Balaban J connectivity index is 1.92. The molecule has 0 bridgehead atoms. The van der Waals surface area contributed by atoms with E-state index in [1.54, 1.807) is 24.4 Å². The summed E-state index contributed by atoms with van der Waals surface area (Å²) in [6, 6.07) is 10.1. The van der Waals surface area contributed by atoms with Gasteiger partial charge in [0.05, 0.1) is 4.90 Å². The molecule has 20 heavy (non-hydrogen) atoms. The van der Waals surface area contributed by atoms with Gasteiger partial charge in [0, 0.05) is 24.5 Å². The van der Waals surface area contributed by atoms with Crippen molar-refractivity contribution >= 4 is 21.5 Å². The molecule has 0 saturated carbocycles. The molecule has 0 fully saturated rings. The lowest BCUT2D eigenvalue weighted by molar-refractivity contribution is 0.598. The molecular formula is C13H16N4O2S. The van der Waals surface area contributed by atoms with Crippen LogP contribution >= 0.6 is 0 Å². The number of benzene rings is 1. The second-order valence-corrected chi connectivity index (χ2v) is 5.90. The molecule has 0 atom stereocenters. The summed E-state index contributed by atoms with van der Waals surface area (Å²) in [4.78, 5) is 4.03. The number of nitrogen functional groups attached to an aromatic ring is 1. The fourth-order valence-electron chi connectivity index (χ4n) is 1.76. The van der Waals surface area contributed by atoms with Gasteiger partial charge >= 0.3 is 0 Å². The average molecular weight is 292 g/mol. The highest BCUT2D eigenvalue weighted by molar-refractivity contribution is 7.89. The summed E-state index contributed by atoms with van der Waals surface area (Å²) < 4.78 is 22.2. The molecule has 1 aromatic carbocycles. The number of aromatic nitrogens is 1. The van der Waals surface area contributed by atoms with Crippen molar-refractivity contribution in [1.82, 2.24) is 4.98 Å². The zero-order valence-electron chi connectivity index (χ0n) is 10.8. The topological polar surface area (TPSA) is 111 Å². The maximum atomic E-state index is 11.1. The third kappa shape index (κ3) is 3.94. The van der Waals surface area contributed by atoms with Crippen molar-refractivity contribution in [3.63, 3.8) is 0 Å². The van der Waals surface area contributed by atoms with Gasteiger partial charge in [0.2, 0.25) is 10.0 Å². The maximum absolute atomic E-state index is 11.1. The summed E-state index contributed by atoms with van der Waals surface area (Å²) in [6.45, 7) is 0.707. The minimum Gasteiger partial charge on any atom is -0.385 e. The number of pyridine rings is 1. The van der Waals surface area contributed by atoms with E-state index >= 15 is 0 Å². The SMILES string of the molecule is Nc1cc(NCCc2ccc(S(N)(=O)=O)cc2)ccn1. The molecule has 0 unspecified atom stereocenters. The van der Waals surface area contributed by atoms with E-state index in [2.05, 4.69) is 10.3 Å². The van der Waals surface area contributed by atoms with Crippen LogP contribution in [-0.4, -0.2) is 19.9 Å². The number of nitrogens with two attached hydrogens (primary N) is 2. The molecule has 5 N–H and O–H groups in total. The highest BCUT2D eigenvalue weighted by atomic mass is 32.2. The van der Waals surface area contributed by atoms with Gasteiger partial charge in [-0.05, 0) is 30.2 Å². The van der Waals surface area contributed by atoms with E-state index in [0.29, 0.717) is 12.4 Å². The Labute approximate surface area is 117 Å². The number of primary sulfonamides is 1. The molecule has 0 radical (unpaired) electrons. The molecule has 2 rings (SSSR count). The first-order valence-electron chi connectivity index (χ1n) is 6.02. The fourth-order valence-corrected chi connectivity index (χ4v) is 2.27. The summed E-state index contributed by atoms with van der Waals surface area (Å²) >= 11 is 0. The normalized spacial score (nSPS) is 11.2. The van der Waals surface area contributed by atoms with Gasteiger partial charge < -0.3 is 11.1 Å². The number of nitrogens with one attached hydrogen (secondary N) is 1. The number of sulfonamides is 1. The van der Waals surface area contributed by atoms with E-state index in [1.807, 2.05) is 6.07 Å². The van der Waals surface area contributed by atoms with Crippen LogP contribution in [0.3, 0.4) is 0 Å². The molecule has 0 aliphatic heterocycles. The number of nitrogens with zero attached hydrogens (tertiary/aromatic N) is 1. The molecule has 6 nitrogen and oxygen atoms in total. The van der Waals surface area contributed by atoms with Crippen LogP contribution in [0.15, 0.2) is 47.5 Å². The van der Waals surface area contributed by atoms with E-state index in [0.717, 1.165) is 17.7 Å². The van der Waals surface area contributed by atoms with E-state index in [4.69, 9.17) is 10.9 Å². The molecule has 106 valence electrons. The Morgan fingerprint density at radius 3 is 2.45 bits per heavy atom. The first-order valence-corrected chi connectivity index (χ1v) is 7.57. The van der Waals surface area contributed by atoms with Gasteiger partial charge in [0.25, 0.3) is 0 Å². The summed E-state index contributed by atoms with van der Waals surface area (Å²) in [5.41, 5.74) is 7.50. The predicted octanol–water partition coefficient (Wildman–Crippen LogP) is 0.966. The van der Waals surface area contributed by atoms with Crippen LogP contribution in [0.5, 0.6) is 0 Å². The van der Waals surface area contributed by atoms with Gasteiger partial charge in [-0.25, -0.2) is 18.5 Å². The Morgan fingerprint density at radius 1 is 1.15 bits per heavy atom. The highest BCUT2D eigenvalue weighted by Crippen LogP contribution is 2.11. The lowest BCUT2D eigenvalue weighted by atomic mass is 10.1. The molecule has 0 amide bonds. The second kappa shape index (κ2) is 5.89. The summed E-state index contributed by atoms with van der Waals surface area (Å²) in [6.07, 6.45) is 2.39. The quantitative estimate of drug-likeness (QED) is 0.760. The average Bonchev–Trinajstić information content (AvgIpc) is 2.38. The monoisotopic (exact) mass is 292 g/mol. The molecule has 0 aliphatic rings. The highest BCUT2D eigenvalue weighted by Gasteiger charge is 2.06. The standard InChI is InChI=1S/C13H16N4O2S/c14-13-9-11(6-8-17-13)16-7-5-10-1-3-12(4-2-10)20(15,18)19/h1-4,6,8-9H,5,7H2,(H3,14,16,17)(H2,15,18,19). The van der Waals surface area contributed by atoms with E-state index in [1.165, 1.54) is 12.1 Å². The lowest BCUT2D eigenvalue weighted by Gasteiger charge is -2.07. The van der Waals surface area contributed by atoms with E-state index in [9.17, 15) is 8.42 Å². The fraction of sp³-hybridized carbons (Fsp3) is 0.154. The first kappa shape index (κ1) is 14.3. The molecule has 1 heterocycles. The second-order valence-electron chi connectivity index (χ2n) is 4.34. The number of rotatable bonds is 5. The minimum absolute atomic E-state index is 0.121. The zero-order valence-corrected chi connectivity index (χ0v) is 11.6. The van der Waals surface area contributed by atoms with Crippen LogP contribution in [0.1, 0.15) is 5.56 Å². The van der Waals surface area contributed by atoms with Gasteiger partial charge in [-0.1, -0.05) is 12.1 Å². The Kier molecular flexibility index (Phi) is 4.21. The third-order valence-corrected chi connectivity index (χ3v) is 3.71. The number of hydrogen-bond donors (Lipinski definition) is 3. The van der Waals surface area contributed by atoms with E-state index < -0.39 is 10.0 Å². The van der Waals surface area contributed by atoms with Crippen molar-refractivity contribution in [3.8, 4) is 0 Å². The van der Waals surface area contributed by atoms with Crippen molar-refractivity contribution in [2.75, 3.05) is 17.6 Å². The Hall–Kier alpha value is -2.12. The molecule has 2 aromatic rings. The smallest absolute Gasteiger partial charge is 0.238 e. The van der Waals surface area contributed by atoms with Crippen LogP contribution in [0.2, 0.25) is 0 Å². The molecular weight excluding hydrogens is 276 g/mol. The minimum atomic E-state index is -3.62. The van der Waals surface area contributed by atoms with Crippen molar-refractivity contribution in [2.24, 2.45) is 5.14 Å². The Morgan fingerprint density at radius 2 is 1.85 bits per heavy atom. The third-order valence-electron chi connectivity index (χ3n) is 2.78. The summed E-state index contributed by atoms with van der Waals surface area (Å²) in [5.74, 6) is 0.465. The van der Waals surface area contributed by atoms with Gasteiger partial charge in [-0.3, -0.25) is 0 Å².